The molecule has 5 heteroatoms. The largest absolute Gasteiger partial charge is 0.478 e. The molecule has 1 fully saturated rings. The molecule has 1 aromatic carbocycles. The third kappa shape index (κ3) is 3.20. The minimum atomic E-state index is -1.10. The van der Waals surface area contributed by atoms with Gasteiger partial charge < -0.3 is 9.84 Å². The highest BCUT2D eigenvalue weighted by molar-refractivity contribution is 6.50. The van der Waals surface area contributed by atoms with Crippen molar-refractivity contribution >= 4 is 28.6 Å². The van der Waals surface area contributed by atoms with Crippen molar-refractivity contribution in [3.05, 3.63) is 41.0 Å². The Bertz CT molecular complexity index is 577. The van der Waals surface area contributed by atoms with Crippen LogP contribution in [0.5, 0.6) is 0 Å². The van der Waals surface area contributed by atoms with E-state index < -0.39 is 11.9 Å². The summed E-state index contributed by atoms with van der Waals surface area (Å²) in [4.78, 5) is 22.9. The van der Waals surface area contributed by atoms with Crippen LogP contribution in [-0.4, -0.2) is 23.7 Å². The lowest BCUT2D eigenvalue weighted by atomic mass is 9.96. The van der Waals surface area contributed by atoms with Crippen molar-refractivity contribution in [2.75, 3.05) is 6.61 Å². The molecular weight excluding hydrogens is 280 g/mol. The molecule has 0 amide bonds. The van der Waals surface area contributed by atoms with E-state index in [4.69, 9.17) is 16.3 Å². The Balaban J connectivity index is 2.33. The monoisotopic (exact) mass is 294 g/mol. The van der Waals surface area contributed by atoms with E-state index in [0.717, 1.165) is 5.56 Å². The van der Waals surface area contributed by atoms with Gasteiger partial charge in [0.15, 0.2) is 0 Å². The molecule has 1 atom stereocenters. The van der Waals surface area contributed by atoms with Crippen molar-refractivity contribution in [3.63, 3.8) is 0 Å². The van der Waals surface area contributed by atoms with Crippen LogP contribution in [-0.2, 0) is 14.3 Å². The van der Waals surface area contributed by atoms with Gasteiger partial charge in [-0.3, -0.25) is 4.79 Å². The molecule has 0 saturated carbocycles. The molecule has 106 valence electrons. The number of carboxylic acids is 1. The lowest BCUT2D eigenvalue weighted by Gasteiger charge is -2.10. The topological polar surface area (TPSA) is 63.6 Å². The van der Waals surface area contributed by atoms with Crippen molar-refractivity contribution < 1.29 is 19.4 Å². The smallest absolute Gasteiger partial charge is 0.333 e. The molecule has 0 aliphatic carbocycles. The molecule has 0 aromatic heterocycles. The first-order chi connectivity index (χ1) is 9.49. The van der Waals surface area contributed by atoms with Gasteiger partial charge in [0.2, 0.25) is 0 Å². The van der Waals surface area contributed by atoms with Gasteiger partial charge in [-0.1, -0.05) is 41.4 Å². The van der Waals surface area contributed by atoms with Crippen LogP contribution < -0.4 is 0 Å². The van der Waals surface area contributed by atoms with Crippen LogP contribution in [0.3, 0.4) is 0 Å². The number of carbonyl (C=O) groups is 2. The lowest BCUT2D eigenvalue weighted by molar-refractivity contribution is -0.141. The van der Waals surface area contributed by atoms with Crippen LogP contribution >= 0.6 is 11.6 Å². The van der Waals surface area contributed by atoms with E-state index in [1.165, 1.54) is 0 Å². The van der Waals surface area contributed by atoms with Gasteiger partial charge in [-0.25, -0.2) is 4.79 Å². The first-order valence-corrected chi connectivity index (χ1v) is 6.72. The summed E-state index contributed by atoms with van der Waals surface area (Å²) in [5.41, 5.74) is 1.70. The number of hydrogen-bond donors (Lipinski definition) is 1. The average Bonchev–Trinajstić information content (AvgIpc) is 2.80. The number of aliphatic carboxylic acids is 1. The number of cyclic esters (lactones) is 1. The van der Waals surface area contributed by atoms with E-state index in [1.807, 2.05) is 25.1 Å². The maximum absolute atomic E-state index is 11.5. The van der Waals surface area contributed by atoms with Gasteiger partial charge in [0.05, 0.1) is 23.1 Å². The molecule has 1 unspecified atom stereocenters. The van der Waals surface area contributed by atoms with Gasteiger partial charge in [0.25, 0.3) is 0 Å². The fraction of sp³-hybridized carbons (Fsp3) is 0.333. The predicted molar refractivity (Wildman–Crippen MR) is 75.3 cm³/mol. The Kier molecular flexibility index (Phi) is 4.45. The third-order valence-corrected chi connectivity index (χ3v) is 3.74. The van der Waals surface area contributed by atoms with Gasteiger partial charge in [-0.2, -0.15) is 0 Å². The Morgan fingerprint density at radius 2 is 2.25 bits per heavy atom. The number of carboxylic acid groups (broad SMARTS) is 1. The number of esters is 1. The van der Waals surface area contributed by atoms with E-state index >= 15 is 0 Å². The average molecular weight is 295 g/mol. The van der Waals surface area contributed by atoms with Gasteiger partial charge in [0.1, 0.15) is 0 Å². The maximum Gasteiger partial charge on any atom is 0.333 e. The number of benzene rings is 1. The molecule has 20 heavy (non-hydrogen) atoms. The quantitative estimate of drug-likeness (QED) is 0.685. The van der Waals surface area contributed by atoms with Gasteiger partial charge in [0, 0.05) is 0 Å². The minimum absolute atomic E-state index is 0.0566. The van der Waals surface area contributed by atoms with Crippen molar-refractivity contribution in [1.82, 2.24) is 0 Å². The second-order valence-corrected chi connectivity index (χ2v) is 5.20. The summed E-state index contributed by atoms with van der Waals surface area (Å²) < 4.78 is 4.85. The SMILES string of the molecule is Cc1cccc(/C(Cl)=C(/CC2CCOC2=O)C(=O)O)c1. The fourth-order valence-electron chi connectivity index (χ4n) is 2.20. The summed E-state index contributed by atoms with van der Waals surface area (Å²) in [6, 6.07) is 7.29. The summed E-state index contributed by atoms with van der Waals surface area (Å²) in [5, 5.41) is 9.51. The zero-order chi connectivity index (χ0) is 14.7. The van der Waals surface area contributed by atoms with Gasteiger partial charge >= 0.3 is 11.9 Å². The van der Waals surface area contributed by atoms with Crippen LogP contribution in [0, 0.1) is 12.8 Å². The van der Waals surface area contributed by atoms with E-state index in [9.17, 15) is 14.7 Å². The minimum Gasteiger partial charge on any atom is -0.478 e. The first-order valence-electron chi connectivity index (χ1n) is 6.34. The Morgan fingerprint density at radius 1 is 1.50 bits per heavy atom. The highest BCUT2D eigenvalue weighted by atomic mass is 35.5. The highest BCUT2D eigenvalue weighted by Gasteiger charge is 2.30. The summed E-state index contributed by atoms with van der Waals surface area (Å²) in [7, 11) is 0. The molecule has 2 rings (SSSR count). The van der Waals surface area contributed by atoms with Crippen LogP contribution in [0.1, 0.15) is 24.0 Å². The number of ether oxygens (including phenoxy) is 1. The van der Waals surface area contributed by atoms with E-state index in [-0.39, 0.29) is 23.0 Å². The van der Waals surface area contributed by atoms with E-state index in [0.29, 0.717) is 18.6 Å². The number of hydrogen-bond acceptors (Lipinski definition) is 3. The van der Waals surface area contributed by atoms with Crippen molar-refractivity contribution in [3.8, 4) is 0 Å². The molecule has 4 nitrogen and oxygen atoms in total. The second kappa shape index (κ2) is 6.09. The zero-order valence-corrected chi connectivity index (χ0v) is 11.8. The molecule has 1 N–H and O–H groups in total. The van der Waals surface area contributed by atoms with E-state index in [1.54, 1.807) is 6.07 Å². The summed E-state index contributed by atoms with van der Waals surface area (Å²) in [6.07, 6.45) is 0.633. The van der Waals surface area contributed by atoms with Crippen LogP contribution in [0.25, 0.3) is 5.03 Å². The molecule has 1 aliphatic rings. The van der Waals surface area contributed by atoms with Crippen molar-refractivity contribution in [2.24, 2.45) is 5.92 Å². The van der Waals surface area contributed by atoms with Gasteiger partial charge in [-0.15, -0.1) is 0 Å². The Labute approximate surface area is 122 Å². The number of halogens is 1. The summed E-state index contributed by atoms with van der Waals surface area (Å²) in [5.74, 6) is -1.87. The third-order valence-electron chi connectivity index (χ3n) is 3.29. The molecule has 0 bridgehead atoms. The molecule has 1 aliphatic heterocycles. The van der Waals surface area contributed by atoms with Gasteiger partial charge in [-0.05, 0) is 25.3 Å². The Morgan fingerprint density at radius 3 is 2.80 bits per heavy atom. The fourth-order valence-corrected chi connectivity index (χ4v) is 2.47. The molecule has 1 heterocycles. The van der Waals surface area contributed by atoms with Crippen LogP contribution in [0.4, 0.5) is 0 Å². The second-order valence-electron chi connectivity index (χ2n) is 4.82. The number of carbonyl (C=O) groups excluding carboxylic acids is 1. The number of aryl methyl sites for hydroxylation is 1. The summed E-state index contributed by atoms with van der Waals surface area (Å²) in [6.45, 7) is 2.25. The summed E-state index contributed by atoms with van der Waals surface area (Å²) >= 11 is 6.21. The molecule has 0 radical (unpaired) electrons. The molecular formula is C15H15ClO4. The Hall–Kier alpha value is -1.81. The maximum atomic E-state index is 11.5. The zero-order valence-electron chi connectivity index (χ0n) is 11.1. The number of rotatable bonds is 4. The normalized spacial score (nSPS) is 19.5. The lowest BCUT2D eigenvalue weighted by Crippen LogP contribution is -2.13. The molecule has 1 aromatic rings. The van der Waals surface area contributed by atoms with Crippen LogP contribution in [0.2, 0.25) is 0 Å². The van der Waals surface area contributed by atoms with Crippen LogP contribution in [0.15, 0.2) is 29.8 Å². The first kappa shape index (κ1) is 14.6. The predicted octanol–water partition coefficient (Wildman–Crippen LogP) is 2.98. The molecule has 1 saturated heterocycles. The van der Waals surface area contributed by atoms with E-state index in [2.05, 4.69) is 0 Å². The highest BCUT2D eigenvalue weighted by Crippen LogP contribution is 2.30. The standard InChI is InChI=1S/C15H15ClO4/c1-9-3-2-4-10(7-9)13(16)12(14(17)18)8-11-5-6-20-15(11)19/h2-4,7,11H,5-6,8H2,1H3,(H,17,18)/b13-12+. The van der Waals surface area contributed by atoms with Crippen molar-refractivity contribution in [2.45, 2.75) is 19.8 Å². The van der Waals surface area contributed by atoms with Crippen molar-refractivity contribution in [1.29, 1.82) is 0 Å². The molecule has 0 spiro atoms.